The molecule has 1 amide bonds. The summed E-state index contributed by atoms with van der Waals surface area (Å²) in [5, 5.41) is 18.0. The number of halogens is 1. The number of nitro groups is 1. The molecular weight excluding hydrogens is 388 g/mol. The first-order chi connectivity index (χ1) is 13.4. The highest BCUT2D eigenvalue weighted by Crippen LogP contribution is 2.22. The van der Waals surface area contributed by atoms with Gasteiger partial charge in [0.2, 0.25) is 0 Å². The van der Waals surface area contributed by atoms with E-state index >= 15 is 0 Å². The van der Waals surface area contributed by atoms with Gasteiger partial charge in [0.25, 0.3) is 11.6 Å². The molecule has 0 spiro atoms. The number of benzene rings is 1. The van der Waals surface area contributed by atoms with Gasteiger partial charge in [-0.15, -0.1) is 5.10 Å². The molecule has 0 bridgehead atoms. The molecule has 3 rings (SSSR count). The standard InChI is InChI=1S/C17H15ClN6O4/c1-22-15(13-4-2-3-7-19-13)21-23(17(22)26)9-8-20-16(25)12-10-11(18)5-6-14(12)24(27)28/h2-7,10H,8-9H2,1H3,(H,20,25). The Morgan fingerprint density at radius 1 is 1.32 bits per heavy atom. The van der Waals surface area contributed by atoms with Crippen LogP contribution in [0.3, 0.4) is 0 Å². The molecule has 2 aromatic heterocycles. The molecule has 0 atom stereocenters. The minimum absolute atomic E-state index is 0.0427. The maximum absolute atomic E-state index is 12.3. The fraction of sp³-hybridized carbons (Fsp3) is 0.176. The van der Waals surface area contributed by atoms with Gasteiger partial charge in [0.15, 0.2) is 5.82 Å². The number of rotatable bonds is 6. The molecule has 144 valence electrons. The monoisotopic (exact) mass is 402 g/mol. The number of carbonyl (C=O) groups is 1. The number of carbonyl (C=O) groups excluding carboxylic acids is 1. The van der Waals surface area contributed by atoms with E-state index in [0.29, 0.717) is 11.5 Å². The molecule has 0 saturated carbocycles. The quantitative estimate of drug-likeness (QED) is 0.493. The second kappa shape index (κ2) is 8.01. The van der Waals surface area contributed by atoms with Crippen molar-refractivity contribution < 1.29 is 9.72 Å². The van der Waals surface area contributed by atoms with E-state index in [4.69, 9.17) is 11.6 Å². The number of amides is 1. The van der Waals surface area contributed by atoms with Crippen LogP contribution in [-0.2, 0) is 13.6 Å². The first kappa shape index (κ1) is 19.2. The van der Waals surface area contributed by atoms with E-state index in [1.807, 2.05) is 0 Å². The van der Waals surface area contributed by atoms with Gasteiger partial charge in [-0.3, -0.25) is 24.5 Å². The highest BCUT2D eigenvalue weighted by atomic mass is 35.5. The summed E-state index contributed by atoms with van der Waals surface area (Å²) in [4.78, 5) is 39.2. The maximum Gasteiger partial charge on any atom is 0.346 e. The molecule has 1 aromatic carbocycles. The summed E-state index contributed by atoms with van der Waals surface area (Å²) < 4.78 is 2.54. The maximum atomic E-state index is 12.3. The topological polar surface area (TPSA) is 125 Å². The molecule has 3 aromatic rings. The number of nitro benzene ring substituents is 1. The van der Waals surface area contributed by atoms with Gasteiger partial charge in [0.1, 0.15) is 11.3 Å². The molecule has 2 heterocycles. The Labute approximate surface area is 163 Å². The second-order valence-corrected chi connectivity index (χ2v) is 6.21. The van der Waals surface area contributed by atoms with E-state index in [1.54, 1.807) is 31.4 Å². The first-order valence-corrected chi connectivity index (χ1v) is 8.53. The molecule has 10 nitrogen and oxygen atoms in total. The molecule has 0 radical (unpaired) electrons. The van der Waals surface area contributed by atoms with Crippen molar-refractivity contribution in [3.8, 4) is 11.5 Å². The third kappa shape index (κ3) is 3.91. The van der Waals surface area contributed by atoms with Crippen LogP contribution in [0, 0.1) is 10.1 Å². The van der Waals surface area contributed by atoms with Gasteiger partial charge < -0.3 is 5.32 Å². The van der Waals surface area contributed by atoms with E-state index in [2.05, 4.69) is 15.4 Å². The van der Waals surface area contributed by atoms with Crippen LogP contribution < -0.4 is 11.0 Å². The number of nitrogens with zero attached hydrogens (tertiary/aromatic N) is 5. The Morgan fingerprint density at radius 3 is 2.79 bits per heavy atom. The summed E-state index contributed by atoms with van der Waals surface area (Å²) >= 11 is 5.83. The fourth-order valence-corrected chi connectivity index (χ4v) is 2.74. The van der Waals surface area contributed by atoms with Gasteiger partial charge in [-0.1, -0.05) is 17.7 Å². The number of aromatic nitrogens is 4. The average Bonchev–Trinajstić information content (AvgIpc) is 2.97. The highest BCUT2D eigenvalue weighted by molar-refractivity contribution is 6.31. The fourth-order valence-electron chi connectivity index (χ4n) is 2.57. The van der Waals surface area contributed by atoms with Crippen molar-refractivity contribution in [1.29, 1.82) is 0 Å². The highest BCUT2D eigenvalue weighted by Gasteiger charge is 2.20. The van der Waals surface area contributed by atoms with Gasteiger partial charge in [0, 0.05) is 30.9 Å². The predicted molar refractivity (Wildman–Crippen MR) is 101 cm³/mol. The molecule has 1 N–H and O–H groups in total. The molecule has 0 fully saturated rings. The smallest absolute Gasteiger partial charge is 0.346 e. The minimum atomic E-state index is -0.664. The number of hydrogen-bond acceptors (Lipinski definition) is 6. The zero-order chi connectivity index (χ0) is 20.3. The van der Waals surface area contributed by atoms with Crippen LogP contribution in [0.1, 0.15) is 10.4 Å². The van der Waals surface area contributed by atoms with E-state index < -0.39 is 10.8 Å². The molecule has 28 heavy (non-hydrogen) atoms. The van der Waals surface area contributed by atoms with E-state index in [1.165, 1.54) is 27.4 Å². The molecule has 0 unspecified atom stereocenters. The number of nitrogens with one attached hydrogen (secondary N) is 1. The Bertz CT molecular complexity index is 1090. The summed E-state index contributed by atoms with van der Waals surface area (Å²) in [5.74, 6) is -0.273. The van der Waals surface area contributed by atoms with Crippen molar-refractivity contribution in [2.24, 2.45) is 7.05 Å². The molecule has 11 heteroatoms. The summed E-state index contributed by atoms with van der Waals surface area (Å²) in [6, 6.07) is 8.99. The third-order valence-electron chi connectivity index (χ3n) is 3.94. The van der Waals surface area contributed by atoms with Crippen molar-refractivity contribution >= 4 is 23.2 Å². The molecule has 0 aliphatic heterocycles. The van der Waals surface area contributed by atoms with Crippen LogP contribution in [0.4, 0.5) is 5.69 Å². The van der Waals surface area contributed by atoms with Gasteiger partial charge in [-0.2, -0.15) is 0 Å². The van der Waals surface area contributed by atoms with E-state index in [-0.39, 0.29) is 35.1 Å². The molecule has 0 aliphatic rings. The lowest BCUT2D eigenvalue weighted by Crippen LogP contribution is -2.32. The van der Waals surface area contributed by atoms with Crippen LogP contribution in [0.5, 0.6) is 0 Å². The number of hydrogen-bond donors (Lipinski definition) is 1. The van der Waals surface area contributed by atoms with Crippen molar-refractivity contribution in [3.05, 3.63) is 73.8 Å². The summed E-state index contributed by atoms with van der Waals surface area (Å²) in [6.07, 6.45) is 1.59. The first-order valence-electron chi connectivity index (χ1n) is 8.16. The van der Waals surface area contributed by atoms with Crippen LogP contribution in [0.25, 0.3) is 11.5 Å². The van der Waals surface area contributed by atoms with Crippen LogP contribution in [-0.4, -0.2) is 36.7 Å². The summed E-state index contributed by atoms with van der Waals surface area (Å²) in [6.45, 7) is 0.126. The number of pyridine rings is 1. The van der Waals surface area contributed by atoms with Crippen molar-refractivity contribution in [1.82, 2.24) is 24.6 Å². The summed E-state index contributed by atoms with van der Waals surface area (Å²) in [5.41, 5.74) is -0.336. The van der Waals surface area contributed by atoms with Crippen molar-refractivity contribution in [2.45, 2.75) is 6.54 Å². The van der Waals surface area contributed by atoms with Crippen molar-refractivity contribution in [3.63, 3.8) is 0 Å². The Hall–Kier alpha value is -3.53. The van der Waals surface area contributed by atoms with E-state index in [9.17, 15) is 19.7 Å². The molecule has 0 saturated heterocycles. The minimum Gasteiger partial charge on any atom is -0.350 e. The van der Waals surface area contributed by atoms with Crippen LogP contribution in [0.2, 0.25) is 5.02 Å². The summed E-state index contributed by atoms with van der Waals surface area (Å²) in [7, 11) is 1.57. The Morgan fingerprint density at radius 2 is 2.11 bits per heavy atom. The van der Waals surface area contributed by atoms with Gasteiger partial charge in [-0.25, -0.2) is 9.48 Å². The Kier molecular flexibility index (Phi) is 5.50. The largest absolute Gasteiger partial charge is 0.350 e. The van der Waals surface area contributed by atoms with Crippen LogP contribution in [0.15, 0.2) is 47.4 Å². The zero-order valence-electron chi connectivity index (χ0n) is 14.7. The zero-order valence-corrected chi connectivity index (χ0v) is 15.5. The predicted octanol–water partition coefficient (Wildman–Crippen LogP) is 1.64. The van der Waals surface area contributed by atoms with E-state index in [0.717, 1.165) is 0 Å². The normalized spacial score (nSPS) is 10.6. The lowest BCUT2D eigenvalue weighted by atomic mass is 10.1. The van der Waals surface area contributed by atoms with Crippen LogP contribution >= 0.6 is 11.6 Å². The average molecular weight is 403 g/mol. The third-order valence-corrected chi connectivity index (χ3v) is 4.18. The SMILES string of the molecule is Cn1c(-c2ccccn2)nn(CCNC(=O)c2cc(Cl)ccc2[N+](=O)[O-])c1=O. The van der Waals surface area contributed by atoms with Gasteiger partial charge in [0.05, 0.1) is 11.5 Å². The lowest BCUT2D eigenvalue weighted by molar-refractivity contribution is -0.385. The molecular formula is C17H15ClN6O4. The van der Waals surface area contributed by atoms with Gasteiger partial charge >= 0.3 is 5.69 Å². The van der Waals surface area contributed by atoms with Crippen molar-refractivity contribution in [2.75, 3.05) is 6.54 Å². The lowest BCUT2D eigenvalue weighted by Gasteiger charge is -2.06. The second-order valence-electron chi connectivity index (χ2n) is 5.78. The Balaban J connectivity index is 1.73. The molecule has 0 aliphatic carbocycles. The van der Waals surface area contributed by atoms with Gasteiger partial charge in [-0.05, 0) is 24.3 Å².